The predicted octanol–water partition coefficient (Wildman–Crippen LogP) is 3.66. The third kappa shape index (κ3) is 4.94. The monoisotopic (exact) mass is 288 g/mol. The lowest BCUT2D eigenvalue weighted by molar-refractivity contribution is -0.384. The Bertz CT molecular complexity index is 624. The Morgan fingerprint density at radius 2 is 1.71 bits per heavy atom. The van der Waals surface area contributed by atoms with Crippen molar-refractivity contribution in [2.75, 3.05) is 5.32 Å². The van der Waals surface area contributed by atoms with E-state index in [1.807, 2.05) is 19.9 Å². The van der Waals surface area contributed by atoms with E-state index >= 15 is 0 Å². The number of hydrogen-bond acceptors (Lipinski definition) is 4. The van der Waals surface area contributed by atoms with Gasteiger partial charge in [0.15, 0.2) is 0 Å². The molecule has 0 atom stereocenters. The summed E-state index contributed by atoms with van der Waals surface area (Å²) in [7, 11) is 0. The highest BCUT2D eigenvalue weighted by atomic mass is 16.6. The average molecular weight is 288 g/mol. The Morgan fingerprint density at radius 1 is 1.14 bits per heavy atom. The van der Waals surface area contributed by atoms with Crippen molar-refractivity contribution in [3.8, 4) is 0 Å². The van der Waals surface area contributed by atoms with Gasteiger partial charge in [-0.2, -0.15) is 0 Å². The van der Waals surface area contributed by atoms with Crippen molar-refractivity contribution >= 4 is 23.5 Å². The zero-order valence-electron chi connectivity index (χ0n) is 11.7. The van der Waals surface area contributed by atoms with Crippen molar-refractivity contribution in [3.05, 3.63) is 63.7 Å². The maximum absolute atomic E-state index is 10.6. The van der Waals surface area contributed by atoms with Gasteiger partial charge >= 0.3 is 0 Å². The molecule has 0 spiro atoms. The van der Waals surface area contributed by atoms with E-state index in [1.165, 1.54) is 17.7 Å². The molecule has 0 heterocycles. The number of benzene rings is 2. The van der Waals surface area contributed by atoms with Gasteiger partial charge in [-0.25, -0.2) is 0 Å². The molecular formula is C15H16N2O4. The molecule has 2 aromatic carbocycles. The first-order chi connectivity index (χ1) is 9.97. The predicted molar refractivity (Wildman–Crippen MR) is 81.0 cm³/mol. The van der Waals surface area contributed by atoms with Gasteiger partial charge in [-0.05, 0) is 43.2 Å². The molecule has 0 aromatic heterocycles. The molecule has 0 bridgehead atoms. The maximum atomic E-state index is 10.6. The normalized spacial score (nSPS) is 9.24. The molecule has 0 saturated carbocycles. The van der Waals surface area contributed by atoms with Gasteiger partial charge in [0.2, 0.25) is 0 Å². The van der Waals surface area contributed by atoms with E-state index in [1.54, 1.807) is 12.1 Å². The summed E-state index contributed by atoms with van der Waals surface area (Å²) in [5, 5.41) is 20.7. The quantitative estimate of drug-likeness (QED) is 0.511. The number of nitrogens with zero attached hydrogens (tertiary/aromatic N) is 1. The number of hydrogen-bond donors (Lipinski definition) is 2. The fourth-order valence-corrected chi connectivity index (χ4v) is 1.69. The molecule has 0 radical (unpaired) electrons. The van der Waals surface area contributed by atoms with Crippen LogP contribution in [0.15, 0.2) is 42.5 Å². The van der Waals surface area contributed by atoms with Crippen LogP contribution in [0.5, 0.6) is 0 Å². The Balaban J connectivity index is 0.000000677. The van der Waals surface area contributed by atoms with E-state index in [0.29, 0.717) is 0 Å². The number of non-ortho nitro benzene ring substituents is 1. The number of nitro groups is 1. The molecule has 0 fully saturated rings. The molecule has 6 nitrogen and oxygen atoms in total. The second-order valence-electron chi connectivity index (χ2n) is 4.35. The van der Waals surface area contributed by atoms with Crippen LogP contribution in [0.3, 0.4) is 0 Å². The SMILES string of the molecule is Cc1ccc(C)c(Nc2ccc([N+](=O)[O-])cc2)c1.O=CO. The lowest BCUT2D eigenvalue weighted by Gasteiger charge is -2.10. The van der Waals surface area contributed by atoms with Crippen LogP contribution in [0.2, 0.25) is 0 Å². The summed E-state index contributed by atoms with van der Waals surface area (Å²) in [6.45, 7) is 3.80. The van der Waals surface area contributed by atoms with E-state index in [9.17, 15) is 10.1 Å². The van der Waals surface area contributed by atoms with Crippen molar-refractivity contribution in [2.24, 2.45) is 0 Å². The van der Waals surface area contributed by atoms with E-state index in [0.717, 1.165) is 16.9 Å². The molecule has 2 rings (SSSR count). The number of rotatable bonds is 3. The highest BCUT2D eigenvalue weighted by molar-refractivity contribution is 5.64. The minimum Gasteiger partial charge on any atom is -0.483 e. The van der Waals surface area contributed by atoms with Crippen LogP contribution in [0.1, 0.15) is 11.1 Å². The van der Waals surface area contributed by atoms with Gasteiger partial charge < -0.3 is 10.4 Å². The molecule has 6 heteroatoms. The Morgan fingerprint density at radius 3 is 2.24 bits per heavy atom. The van der Waals surface area contributed by atoms with Crippen molar-refractivity contribution in [1.29, 1.82) is 0 Å². The van der Waals surface area contributed by atoms with E-state index in [4.69, 9.17) is 9.90 Å². The third-order valence-electron chi connectivity index (χ3n) is 2.75. The first-order valence-corrected chi connectivity index (χ1v) is 6.14. The molecule has 2 aromatic rings. The summed E-state index contributed by atoms with van der Waals surface area (Å²) in [5.74, 6) is 0. The number of aryl methyl sites for hydroxylation is 2. The molecular weight excluding hydrogens is 272 g/mol. The number of nitro benzene ring substituents is 1. The zero-order chi connectivity index (χ0) is 15.8. The first-order valence-electron chi connectivity index (χ1n) is 6.14. The molecule has 0 amide bonds. The molecule has 21 heavy (non-hydrogen) atoms. The van der Waals surface area contributed by atoms with Crippen LogP contribution in [0.4, 0.5) is 17.1 Å². The topological polar surface area (TPSA) is 92.5 Å². The fraction of sp³-hybridized carbons (Fsp3) is 0.133. The van der Waals surface area contributed by atoms with Gasteiger partial charge in [-0.3, -0.25) is 14.9 Å². The lowest BCUT2D eigenvalue weighted by Crippen LogP contribution is -1.94. The summed E-state index contributed by atoms with van der Waals surface area (Å²) in [6.07, 6.45) is 0. The molecule has 0 aliphatic carbocycles. The summed E-state index contributed by atoms with van der Waals surface area (Å²) in [4.78, 5) is 18.5. The fourth-order valence-electron chi connectivity index (χ4n) is 1.69. The highest BCUT2D eigenvalue weighted by Gasteiger charge is 2.04. The first kappa shape index (κ1) is 16.2. The lowest BCUT2D eigenvalue weighted by atomic mass is 10.1. The Hall–Kier alpha value is -2.89. The van der Waals surface area contributed by atoms with Crippen LogP contribution < -0.4 is 5.32 Å². The van der Waals surface area contributed by atoms with Crippen LogP contribution in [-0.2, 0) is 4.79 Å². The van der Waals surface area contributed by atoms with E-state index in [2.05, 4.69) is 17.4 Å². The summed E-state index contributed by atoms with van der Waals surface area (Å²) < 4.78 is 0. The van der Waals surface area contributed by atoms with E-state index < -0.39 is 4.92 Å². The van der Waals surface area contributed by atoms with Crippen LogP contribution in [0, 0.1) is 24.0 Å². The van der Waals surface area contributed by atoms with Gasteiger partial charge in [0, 0.05) is 23.5 Å². The van der Waals surface area contributed by atoms with Crippen molar-refractivity contribution < 1.29 is 14.8 Å². The summed E-state index contributed by atoms with van der Waals surface area (Å²) >= 11 is 0. The van der Waals surface area contributed by atoms with E-state index in [-0.39, 0.29) is 12.2 Å². The summed E-state index contributed by atoms with van der Waals surface area (Å²) in [6, 6.07) is 12.6. The van der Waals surface area contributed by atoms with Crippen molar-refractivity contribution in [1.82, 2.24) is 0 Å². The molecule has 0 aliphatic heterocycles. The van der Waals surface area contributed by atoms with Crippen molar-refractivity contribution in [2.45, 2.75) is 13.8 Å². The smallest absolute Gasteiger partial charge is 0.290 e. The standard InChI is InChI=1S/C14H14N2O2.CH2O2/c1-10-3-4-11(2)14(9-10)15-12-5-7-13(8-6-12)16(17)18;2-1-3/h3-9,15H,1-2H3;1H,(H,2,3). The van der Waals surface area contributed by atoms with Crippen LogP contribution >= 0.6 is 0 Å². The number of carbonyl (C=O) groups is 1. The van der Waals surface area contributed by atoms with Crippen LogP contribution in [0.25, 0.3) is 0 Å². The molecule has 0 aliphatic rings. The number of nitrogens with one attached hydrogen (secondary N) is 1. The van der Waals surface area contributed by atoms with Gasteiger partial charge in [-0.1, -0.05) is 12.1 Å². The molecule has 2 N–H and O–H groups in total. The largest absolute Gasteiger partial charge is 0.483 e. The van der Waals surface area contributed by atoms with Gasteiger partial charge in [0.1, 0.15) is 0 Å². The number of carboxylic acid groups (broad SMARTS) is 1. The number of anilines is 2. The van der Waals surface area contributed by atoms with Gasteiger partial charge in [0.05, 0.1) is 4.92 Å². The molecule has 110 valence electrons. The van der Waals surface area contributed by atoms with Crippen LogP contribution in [-0.4, -0.2) is 16.5 Å². The second-order valence-corrected chi connectivity index (χ2v) is 4.35. The minimum absolute atomic E-state index is 0.0986. The van der Waals surface area contributed by atoms with Crippen molar-refractivity contribution in [3.63, 3.8) is 0 Å². The van der Waals surface area contributed by atoms with Gasteiger partial charge in [0.25, 0.3) is 12.2 Å². The Labute approximate surface area is 122 Å². The third-order valence-corrected chi connectivity index (χ3v) is 2.75. The Kier molecular flexibility index (Phi) is 5.88. The maximum Gasteiger partial charge on any atom is 0.290 e. The molecule has 0 unspecified atom stereocenters. The minimum atomic E-state index is -0.401. The van der Waals surface area contributed by atoms with Gasteiger partial charge in [-0.15, -0.1) is 0 Å². The molecule has 0 saturated heterocycles. The average Bonchev–Trinajstić information content (AvgIpc) is 2.44. The summed E-state index contributed by atoms with van der Waals surface area (Å²) in [5.41, 5.74) is 4.27. The highest BCUT2D eigenvalue weighted by Crippen LogP contribution is 2.23. The zero-order valence-corrected chi connectivity index (χ0v) is 11.7. The second kappa shape index (κ2) is 7.64.